The van der Waals surface area contributed by atoms with Gasteiger partial charge in [0.2, 0.25) is 0 Å². The molecule has 20 nitrogen and oxygen atoms in total. The zero-order valence-corrected chi connectivity index (χ0v) is 48.7. The molecule has 2 unspecified atom stereocenters. The third kappa shape index (κ3) is 25.2. The number of methoxy groups -OCH3 is 2. The van der Waals surface area contributed by atoms with Gasteiger partial charge in [-0.3, -0.25) is 0 Å². The first-order valence-corrected chi connectivity index (χ1v) is 34.3. The Kier molecular flexibility index (Phi) is 29.0. The lowest BCUT2D eigenvalue weighted by Gasteiger charge is -2.31. The molecule has 0 aliphatic carbocycles. The quantitative estimate of drug-likeness (QED) is 0.0206. The van der Waals surface area contributed by atoms with Gasteiger partial charge in [-0.05, 0) is 59.5 Å². The fraction of sp³-hybridized carbons (Fsp3) is 0.451. The van der Waals surface area contributed by atoms with Crippen molar-refractivity contribution >= 4 is 48.9 Å². The first-order valence-electron chi connectivity index (χ1n) is 24.8. The van der Waals surface area contributed by atoms with Gasteiger partial charge in [0.25, 0.3) is 30.6 Å². The standard InChI is InChI=1S/C13H18N2O2S.C11H16N4O3S.C11H16N2O3S.C10H14N2O2S.C6H14Si/c1-2-6-13-9-10-15(18(16,17)14-13)11-12-7-4-3-5-8-12;1-18-9-5-8-15(19(16,17)14-13-12)10-11-6-3-2-4-7-11;1-16-11-7-8-13(17(14,15)12-11)9-10-5-3-2-4-6-10;13-15(14)11-7-4-8-12(15)9-10-5-2-1-3-6-10;1-5-6-7(2,3)4/h2-5,7-8,13-14H,1,6,9-11H2;2-4,6-7H,5,8-10H2,1H3;2-6,11-12H,7-9H2,1H3;1-3,5-6,11H,4,7-9H2;5H,1,6H2,2-4H3. The maximum absolute atomic E-state index is 12.1. The predicted octanol–water partition coefficient (Wildman–Crippen LogP) is 7.69. The van der Waals surface area contributed by atoms with Crippen molar-refractivity contribution in [1.82, 2.24) is 31.4 Å². The van der Waals surface area contributed by atoms with Crippen LogP contribution in [0.1, 0.15) is 54.4 Å². The van der Waals surface area contributed by atoms with Crippen LogP contribution >= 0.6 is 0 Å². The summed E-state index contributed by atoms with van der Waals surface area (Å²) in [7, 11) is -11.7. The van der Waals surface area contributed by atoms with E-state index in [0.29, 0.717) is 71.7 Å². The molecule has 0 amide bonds. The maximum Gasteiger partial charge on any atom is 0.302 e. The zero-order chi connectivity index (χ0) is 56.1. The molecule has 25 heteroatoms. The first kappa shape index (κ1) is 65.6. The number of hydrogen-bond donors (Lipinski definition) is 3. The van der Waals surface area contributed by atoms with E-state index in [4.69, 9.17) is 15.0 Å². The van der Waals surface area contributed by atoms with Crippen molar-refractivity contribution in [2.24, 2.45) is 4.52 Å². The number of allylic oxidation sites excluding steroid dienone is 1. The molecular weight excluding hydrogens is 1070 g/mol. The van der Waals surface area contributed by atoms with Gasteiger partial charge in [0.05, 0.1) is 0 Å². The van der Waals surface area contributed by atoms with E-state index in [9.17, 15) is 33.7 Å². The molecule has 0 saturated carbocycles. The summed E-state index contributed by atoms with van der Waals surface area (Å²) in [5.74, 6) is 0. The summed E-state index contributed by atoms with van der Waals surface area (Å²) in [6.45, 7) is 18.7. The minimum Gasteiger partial charge on any atom is -0.385 e. The lowest BCUT2D eigenvalue weighted by atomic mass is 10.1. The molecule has 3 aliphatic rings. The third-order valence-corrected chi connectivity index (χ3v) is 18.9. The van der Waals surface area contributed by atoms with Gasteiger partial charge in [-0.1, -0.05) is 153 Å². The third-order valence-electron chi connectivity index (χ3n) is 11.4. The van der Waals surface area contributed by atoms with Gasteiger partial charge in [0.1, 0.15) is 6.23 Å². The Morgan fingerprint density at radius 2 is 1.16 bits per heavy atom. The van der Waals surface area contributed by atoms with Crippen molar-refractivity contribution < 1.29 is 43.1 Å². The van der Waals surface area contributed by atoms with Crippen molar-refractivity contribution in [3.8, 4) is 0 Å². The fourth-order valence-electron chi connectivity index (χ4n) is 7.48. The maximum atomic E-state index is 12.1. The van der Waals surface area contributed by atoms with Gasteiger partial charge in [-0.25, -0.2) is 13.1 Å². The molecule has 3 fully saturated rings. The molecule has 3 saturated heterocycles. The van der Waals surface area contributed by atoms with E-state index in [1.54, 1.807) is 13.2 Å². The molecule has 3 aliphatic heterocycles. The van der Waals surface area contributed by atoms with Gasteiger partial charge in [0, 0.05) is 110 Å². The molecule has 2 atom stereocenters. The van der Waals surface area contributed by atoms with E-state index in [2.05, 4.69) is 56.4 Å². The average molecular weight is 1150 g/mol. The highest BCUT2D eigenvalue weighted by atomic mass is 32.2. The number of nitrogens with zero attached hydrogens (tertiary/aromatic N) is 7. The second-order valence-corrected chi connectivity index (χ2v) is 31.1. The minimum atomic E-state index is -3.96. The van der Waals surface area contributed by atoms with Gasteiger partial charge in [-0.2, -0.15) is 51.9 Å². The van der Waals surface area contributed by atoms with Crippen molar-refractivity contribution in [2.75, 3.05) is 53.6 Å². The molecule has 3 N–H and O–H groups in total. The summed E-state index contributed by atoms with van der Waals surface area (Å²) >= 11 is 0. The van der Waals surface area contributed by atoms with E-state index in [-0.39, 0.29) is 19.1 Å². The predicted molar refractivity (Wildman–Crippen MR) is 305 cm³/mol. The summed E-state index contributed by atoms with van der Waals surface area (Å²) < 4.78 is 121. The molecule has 0 aromatic heterocycles. The Hall–Kier alpha value is -4.67. The molecule has 4 aromatic rings. The van der Waals surface area contributed by atoms with Crippen LogP contribution in [0.5, 0.6) is 0 Å². The van der Waals surface area contributed by atoms with Crippen LogP contribution in [0.4, 0.5) is 0 Å². The highest BCUT2D eigenvalue weighted by Crippen LogP contribution is 2.18. The second kappa shape index (κ2) is 33.6. The van der Waals surface area contributed by atoms with Crippen LogP contribution in [-0.2, 0) is 76.5 Å². The number of azide groups is 1. The molecule has 3 heterocycles. The summed E-state index contributed by atoms with van der Waals surface area (Å²) in [6.07, 6.45) is 6.91. The smallest absolute Gasteiger partial charge is 0.302 e. The summed E-state index contributed by atoms with van der Waals surface area (Å²) in [6, 6.07) is 39.1. The molecule has 4 aromatic carbocycles. The Balaban J connectivity index is 0.000000256. The Labute approximate surface area is 454 Å². The zero-order valence-electron chi connectivity index (χ0n) is 44.4. The van der Waals surface area contributed by atoms with Gasteiger partial charge in [-0.15, -0.1) is 13.2 Å². The molecule has 420 valence electrons. The summed E-state index contributed by atoms with van der Waals surface area (Å²) in [5, 5.41) is 0. The molecular formula is C51H78N10O10S4Si. The number of hydrogen-bond acceptors (Lipinski definition) is 10. The normalized spacial score (nSPS) is 19.2. The van der Waals surface area contributed by atoms with Gasteiger partial charge < -0.3 is 9.47 Å². The monoisotopic (exact) mass is 1150 g/mol. The van der Waals surface area contributed by atoms with E-state index >= 15 is 0 Å². The lowest BCUT2D eigenvalue weighted by molar-refractivity contribution is 0.0695. The Morgan fingerprint density at radius 1 is 0.697 bits per heavy atom. The first-order chi connectivity index (χ1) is 36.1. The van der Waals surface area contributed by atoms with E-state index in [1.807, 2.05) is 127 Å². The van der Waals surface area contributed by atoms with E-state index in [0.717, 1.165) is 39.4 Å². The Bertz CT molecular complexity index is 2820. The topological polar surface area (TPSA) is 253 Å². The van der Waals surface area contributed by atoms with Crippen LogP contribution in [0.2, 0.25) is 25.7 Å². The molecule has 0 bridgehead atoms. The van der Waals surface area contributed by atoms with Crippen molar-refractivity contribution in [3.63, 3.8) is 0 Å². The second-order valence-electron chi connectivity index (χ2n) is 18.8. The summed E-state index contributed by atoms with van der Waals surface area (Å²) in [5.41, 5.74) is 12.1. The highest BCUT2D eigenvalue weighted by molar-refractivity contribution is 7.88. The van der Waals surface area contributed by atoms with Gasteiger partial charge >= 0.3 is 10.2 Å². The number of nitrogens with one attached hydrogen (secondary N) is 3. The molecule has 0 radical (unpaired) electrons. The van der Waals surface area contributed by atoms with Crippen molar-refractivity contribution in [2.45, 2.75) is 96.2 Å². The average Bonchev–Trinajstić information content (AvgIpc) is 3.37. The lowest BCUT2D eigenvalue weighted by Crippen LogP contribution is -2.52. The van der Waals surface area contributed by atoms with Crippen LogP contribution < -0.4 is 14.2 Å². The van der Waals surface area contributed by atoms with E-state index in [1.165, 1.54) is 26.1 Å². The molecule has 0 spiro atoms. The number of ether oxygens (including phenoxy) is 2. The minimum absolute atomic E-state index is 0.0143. The SMILES string of the molecule is C=CCC1CCN(Cc2ccccc2)S(=O)(=O)N1.C=CC[Si](C)(C)C.COC1CCN(Cc2ccccc2)S(=O)(=O)N1.COCCCN(Cc1ccccc1)S(=O)(=O)N=[N+]=[N-].O=S1(=O)NCCCN1Cc1ccccc1. The summed E-state index contributed by atoms with van der Waals surface area (Å²) in [4.78, 5) is 2.36. The van der Waals surface area contributed by atoms with Crippen LogP contribution in [0.15, 0.2) is 151 Å². The molecule has 7 rings (SSSR count). The van der Waals surface area contributed by atoms with Crippen LogP contribution in [0.25, 0.3) is 10.4 Å². The fourth-order valence-corrected chi connectivity index (χ4v) is 13.3. The van der Waals surface area contributed by atoms with Crippen molar-refractivity contribution in [1.29, 1.82) is 0 Å². The van der Waals surface area contributed by atoms with Crippen molar-refractivity contribution in [3.05, 3.63) is 179 Å². The van der Waals surface area contributed by atoms with Crippen LogP contribution in [-0.4, -0.2) is 125 Å². The van der Waals surface area contributed by atoms with E-state index < -0.39 is 55.1 Å². The van der Waals surface area contributed by atoms with Crippen LogP contribution in [0, 0.1) is 0 Å². The molecule has 76 heavy (non-hydrogen) atoms. The van der Waals surface area contributed by atoms with Gasteiger partial charge in [0.15, 0.2) is 0 Å². The van der Waals surface area contributed by atoms with Crippen LogP contribution in [0.3, 0.4) is 0 Å². The number of benzene rings is 4. The highest BCUT2D eigenvalue weighted by Gasteiger charge is 2.32. The largest absolute Gasteiger partial charge is 0.385 e. The number of rotatable bonds is 19. The Morgan fingerprint density at radius 3 is 1.54 bits per heavy atom.